The summed E-state index contributed by atoms with van der Waals surface area (Å²) in [4.78, 5) is 23.7. The molecule has 130 valence electrons. The monoisotopic (exact) mass is 337 g/mol. The molecule has 1 aliphatic rings. The third-order valence-corrected chi connectivity index (χ3v) is 4.84. The minimum Gasteiger partial charge on any atom is -0.481 e. The van der Waals surface area contributed by atoms with E-state index in [4.69, 9.17) is 5.11 Å². The molecule has 0 heterocycles. The van der Waals surface area contributed by atoms with Crippen LogP contribution in [0.4, 0.5) is 0 Å². The van der Waals surface area contributed by atoms with Gasteiger partial charge in [-0.05, 0) is 41.9 Å². The summed E-state index contributed by atoms with van der Waals surface area (Å²) in [5.74, 6) is -0.792. The van der Waals surface area contributed by atoms with Crippen LogP contribution in [0.15, 0.2) is 54.6 Å². The van der Waals surface area contributed by atoms with E-state index in [0.29, 0.717) is 6.42 Å². The van der Waals surface area contributed by atoms with Crippen molar-refractivity contribution in [3.8, 4) is 0 Å². The maximum atomic E-state index is 12.6. The van der Waals surface area contributed by atoms with E-state index < -0.39 is 12.0 Å². The van der Waals surface area contributed by atoms with E-state index in [1.165, 1.54) is 11.1 Å². The van der Waals surface area contributed by atoms with Crippen LogP contribution in [0.1, 0.15) is 54.3 Å². The highest BCUT2D eigenvalue weighted by Crippen LogP contribution is 2.34. The highest BCUT2D eigenvalue weighted by Gasteiger charge is 2.24. The summed E-state index contributed by atoms with van der Waals surface area (Å²) in [5, 5.41) is 12.1. The van der Waals surface area contributed by atoms with Crippen LogP contribution in [0.5, 0.6) is 0 Å². The molecule has 25 heavy (non-hydrogen) atoms. The average Bonchev–Trinajstić information content (AvgIpc) is 2.62. The van der Waals surface area contributed by atoms with E-state index in [1.807, 2.05) is 42.5 Å². The topological polar surface area (TPSA) is 66.4 Å². The molecule has 4 heteroatoms. The first-order valence-corrected chi connectivity index (χ1v) is 8.77. The van der Waals surface area contributed by atoms with Crippen molar-refractivity contribution < 1.29 is 14.7 Å². The van der Waals surface area contributed by atoms with Crippen molar-refractivity contribution in [3.05, 3.63) is 71.3 Å². The van der Waals surface area contributed by atoms with Crippen LogP contribution in [-0.4, -0.2) is 17.0 Å². The molecule has 4 nitrogen and oxygen atoms in total. The van der Waals surface area contributed by atoms with Crippen LogP contribution in [0.3, 0.4) is 0 Å². The first-order chi connectivity index (χ1) is 12.1. The molecule has 0 bridgehead atoms. The molecule has 3 rings (SSSR count). The van der Waals surface area contributed by atoms with Crippen LogP contribution in [-0.2, 0) is 16.0 Å². The molecule has 2 atom stereocenters. The summed E-state index contributed by atoms with van der Waals surface area (Å²) in [6.45, 7) is 0. The molecule has 0 aromatic heterocycles. The van der Waals surface area contributed by atoms with E-state index >= 15 is 0 Å². The number of fused-ring (bicyclic) bond motifs is 1. The Kier molecular flexibility index (Phi) is 5.49. The van der Waals surface area contributed by atoms with Gasteiger partial charge in [-0.25, -0.2) is 0 Å². The quantitative estimate of drug-likeness (QED) is 0.842. The van der Waals surface area contributed by atoms with Gasteiger partial charge in [-0.3, -0.25) is 9.59 Å². The molecule has 1 aliphatic carbocycles. The largest absolute Gasteiger partial charge is 0.481 e. The van der Waals surface area contributed by atoms with Gasteiger partial charge in [-0.2, -0.15) is 0 Å². The lowest BCUT2D eigenvalue weighted by Crippen LogP contribution is -2.31. The number of carboxylic acids is 1. The molecular formula is C21H23NO3. The van der Waals surface area contributed by atoms with Gasteiger partial charge in [0.25, 0.3) is 0 Å². The van der Waals surface area contributed by atoms with E-state index in [9.17, 15) is 9.59 Å². The van der Waals surface area contributed by atoms with E-state index in [0.717, 1.165) is 24.8 Å². The van der Waals surface area contributed by atoms with E-state index in [2.05, 4.69) is 17.4 Å². The molecule has 0 radical (unpaired) electrons. The molecule has 2 aromatic rings. The Balaban J connectivity index is 1.69. The third-order valence-electron chi connectivity index (χ3n) is 4.84. The smallest absolute Gasteiger partial charge is 0.305 e. The molecule has 0 aliphatic heterocycles. The summed E-state index contributed by atoms with van der Waals surface area (Å²) in [7, 11) is 0. The zero-order chi connectivity index (χ0) is 17.6. The Morgan fingerprint density at radius 3 is 2.56 bits per heavy atom. The van der Waals surface area contributed by atoms with Crippen LogP contribution in [0.2, 0.25) is 0 Å². The molecule has 2 N–H and O–H groups in total. The number of carboxylic acid groups (broad SMARTS) is 1. The van der Waals surface area contributed by atoms with Crippen molar-refractivity contribution in [2.45, 2.75) is 44.1 Å². The van der Waals surface area contributed by atoms with Crippen LogP contribution in [0, 0.1) is 0 Å². The predicted octanol–water partition coefficient (Wildman–Crippen LogP) is 3.83. The molecule has 1 amide bonds. The SMILES string of the molecule is O=C(O)C[C@H](NC(=O)C[C@@H]1CCCc2ccccc21)c1ccccc1. The van der Waals surface area contributed by atoms with Crippen molar-refractivity contribution in [3.63, 3.8) is 0 Å². The minimum atomic E-state index is -0.919. The second-order valence-electron chi connectivity index (χ2n) is 6.62. The Labute approximate surface area is 147 Å². The van der Waals surface area contributed by atoms with Crippen molar-refractivity contribution in [1.82, 2.24) is 5.32 Å². The average molecular weight is 337 g/mol. The minimum absolute atomic E-state index is 0.0863. The summed E-state index contributed by atoms with van der Waals surface area (Å²) in [6.07, 6.45) is 3.45. The highest BCUT2D eigenvalue weighted by atomic mass is 16.4. The van der Waals surface area contributed by atoms with Gasteiger partial charge < -0.3 is 10.4 Å². The number of hydrogen-bond donors (Lipinski definition) is 2. The highest BCUT2D eigenvalue weighted by molar-refractivity contribution is 5.78. The van der Waals surface area contributed by atoms with Gasteiger partial charge in [0.2, 0.25) is 5.91 Å². The molecule has 0 fully saturated rings. The van der Waals surface area contributed by atoms with Gasteiger partial charge in [0.15, 0.2) is 0 Å². The number of aliphatic carboxylic acids is 1. The summed E-state index contributed by atoms with van der Waals surface area (Å²) >= 11 is 0. The normalized spacial score (nSPS) is 17.4. The maximum absolute atomic E-state index is 12.6. The Hall–Kier alpha value is -2.62. The first kappa shape index (κ1) is 17.2. The summed E-state index contributed by atoms with van der Waals surface area (Å²) in [5.41, 5.74) is 3.41. The van der Waals surface area contributed by atoms with Gasteiger partial charge in [0, 0.05) is 6.42 Å². The lowest BCUT2D eigenvalue weighted by atomic mass is 9.81. The fraction of sp³-hybridized carbons (Fsp3) is 0.333. The Morgan fingerprint density at radius 1 is 1.08 bits per heavy atom. The summed E-state index contributed by atoms with van der Waals surface area (Å²) in [6, 6.07) is 17.1. The number of carbonyl (C=O) groups is 2. The number of rotatable bonds is 6. The molecular weight excluding hydrogens is 314 g/mol. The van der Waals surface area contributed by atoms with Crippen molar-refractivity contribution in [1.29, 1.82) is 0 Å². The predicted molar refractivity (Wildman–Crippen MR) is 96.3 cm³/mol. The van der Waals surface area contributed by atoms with Crippen LogP contribution in [0.25, 0.3) is 0 Å². The summed E-state index contributed by atoms with van der Waals surface area (Å²) < 4.78 is 0. The zero-order valence-corrected chi connectivity index (χ0v) is 14.2. The zero-order valence-electron chi connectivity index (χ0n) is 14.2. The second-order valence-corrected chi connectivity index (χ2v) is 6.62. The van der Waals surface area contributed by atoms with Crippen LogP contribution < -0.4 is 5.32 Å². The first-order valence-electron chi connectivity index (χ1n) is 8.77. The molecule has 0 spiro atoms. The van der Waals surface area contributed by atoms with E-state index in [-0.39, 0.29) is 18.2 Å². The molecule has 0 saturated heterocycles. The van der Waals surface area contributed by atoms with Gasteiger partial charge in [0.1, 0.15) is 0 Å². The van der Waals surface area contributed by atoms with Crippen molar-refractivity contribution in [2.24, 2.45) is 0 Å². The third kappa shape index (κ3) is 4.47. The molecule has 0 unspecified atom stereocenters. The number of nitrogens with one attached hydrogen (secondary N) is 1. The maximum Gasteiger partial charge on any atom is 0.305 e. The lowest BCUT2D eigenvalue weighted by molar-refractivity contribution is -0.137. The number of hydrogen-bond acceptors (Lipinski definition) is 2. The number of amides is 1. The molecule has 2 aromatic carbocycles. The van der Waals surface area contributed by atoms with Gasteiger partial charge in [-0.15, -0.1) is 0 Å². The standard InChI is InChI=1S/C21H23NO3/c23-20(13-17-11-6-10-15-7-4-5-12-18(15)17)22-19(14-21(24)25)16-8-2-1-3-9-16/h1-5,7-9,12,17,19H,6,10-11,13-14H2,(H,22,23)(H,24,25)/t17-,19-/m0/s1. The van der Waals surface area contributed by atoms with Crippen molar-refractivity contribution in [2.75, 3.05) is 0 Å². The Bertz CT molecular complexity index is 742. The fourth-order valence-corrected chi connectivity index (χ4v) is 3.66. The fourth-order valence-electron chi connectivity index (χ4n) is 3.66. The van der Waals surface area contributed by atoms with E-state index in [1.54, 1.807) is 0 Å². The van der Waals surface area contributed by atoms with Crippen molar-refractivity contribution >= 4 is 11.9 Å². The van der Waals surface area contributed by atoms with Crippen LogP contribution >= 0.6 is 0 Å². The molecule has 0 saturated carbocycles. The van der Waals surface area contributed by atoms with Gasteiger partial charge >= 0.3 is 5.97 Å². The van der Waals surface area contributed by atoms with Gasteiger partial charge in [-0.1, -0.05) is 54.6 Å². The number of carbonyl (C=O) groups excluding carboxylic acids is 1. The second kappa shape index (κ2) is 7.97. The Morgan fingerprint density at radius 2 is 1.80 bits per heavy atom. The number of benzene rings is 2. The number of aryl methyl sites for hydroxylation is 1. The lowest BCUT2D eigenvalue weighted by Gasteiger charge is -2.26. The van der Waals surface area contributed by atoms with Gasteiger partial charge in [0.05, 0.1) is 12.5 Å².